The van der Waals surface area contributed by atoms with E-state index in [1.165, 1.54) is 0 Å². The van der Waals surface area contributed by atoms with Gasteiger partial charge in [-0.2, -0.15) is 0 Å². The van der Waals surface area contributed by atoms with E-state index in [2.05, 4.69) is 18.9 Å². The highest BCUT2D eigenvalue weighted by Crippen LogP contribution is 2.09. The lowest BCUT2D eigenvalue weighted by Gasteiger charge is -2.20. The van der Waals surface area contributed by atoms with Crippen LogP contribution in [0.5, 0.6) is 0 Å². The number of hydrogen-bond acceptors (Lipinski definition) is 3. The van der Waals surface area contributed by atoms with E-state index in [0.29, 0.717) is 18.1 Å². The predicted octanol–water partition coefficient (Wildman–Crippen LogP) is 1.82. The van der Waals surface area contributed by atoms with Gasteiger partial charge in [0.15, 0.2) is 0 Å². The molecule has 1 atom stereocenters. The van der Waals surface area contributed by atoms with Crippen molar-refractivity contribution in [3.8, 4) is 0 Å². The molecule has 0 aromatic carbocycles. The van der Waals surface area contributed by atoms with E-state index in [0.717, 1.165) is 19.7 Å². The van der Waals surface area contributed by atoms with Gasteiger partial charge < -0.3 is 9.64 Å². The maximum atomic E-state index is 11.5. The Kier molecular flexibility index (Phi) is 7.61. The predicted molar refractivity (Wildman–Crippen MR) is 63.0 cm³/mol. The van der Waals surface area contributed by atoms with Crippen LogP contribution in [0.4, 0.5) is 0 Å². The number of Topliss-reactive ketones (excluding diaryl/α,β-unsaturated/α-hetero) is 1. The molecule has 0 heterocycles. The van der Waals surface area contributed by atoms with Crippen molar-refractivity contribution in [3.63, 3.8) is 0 Å². The van der Waals surface area contributed by atoms with Crippen molar-refractivity contribution in [3.05, 3.63) is 0 Å². The van der Waals surface area contributed by atoms with Crippen LogP contribution in [0.2, 0.25) is 0 Å². The summed E-state index contributed by atoms with van der Waals surface area (Å²) in [5.74, 6) is 0.959. The van der Waals surface area contributed by atoms with Gasteiger partial charge in [-0.25, -0.2) is 0 Å². The summed E-state index contributed by atoms with van der Waals surface area (Å²) >= 11 is 0. The number of methoxy groups -OCH3 is 1. The number of carbonyl (C=O) groups is 1. The van der Waals surface area contributed by atoms with Gasteiger partial charge in [-0.15, -0.1) is 0 Å². The SMILES string of the molecule is COCCN(C)CC(C)CC(=O)C(C)C. The molecule has 0 amide bonds. The zero-order chi connectivity index (χ0) is 11.8. The molecule has 0 radical (unpaired) electrons. The van der Waals surface area contributed by atoms with E-state index in [-0.39, 0.29) is 5.92 Å². The molecule has 0 bridgehead atoms. The van der Waals surface area contributed by atoms with Gasteiger partial charge in [0, 0.05) is 32.5 Å². The molecule has 0 aliphatic heterocycles. The van der Waals surface area contributed by atoms with Crippen LogP contribution in [0.25, 0.3) is 0 Å². The van der Waals surface area contributed by atoms with Gasteiger partial charge >= 0.3 is 0 Å². The first kappa shape index (κ1) is 14.6. The second kappa shape index (κ2) is 7.83. The van der Waals surface area contributed by atoms with E-state index in [1.807, 2.05) is 13.8 Å². The quantitative estimate of drug-likeness (QED) is 0.618. The fourth-order valence-electron chi connectivity index (χ4n) is 1.51. The first-order chi connectivity index (χ1) is 6.97. The Morgan fingerprint density at radius 2 is 1.93 bits per heavy atom. The molecule has 0 saturated carbocycles. The first-order valence-electron chi connectivity index (χ1n) is 5.67. The third-order valence-electron chi connectivity index (χ3n) is 2.49. The van der Waals surface area contributed by atoms with Crippen LogP contribution in [-0.4, -0.2) is 44.5 Å². The largest absolute Gasteiger partial charge is 0.383 e. The van der Waals surface area contributed by atoms with Crippen LogP contribution in [0.1, 0.15) is 27.2 Å². The zero-order valence-electron chi connectivity index (χ0n) is 10.7. The van der Waals surface area contributed by atoms with Gasteiger partial charge in [0.1, 0.15) is 5.78 Å². The van der Waals surface area contributed by atoms with Crippen LogP contribution in [0.3, 0.4) is 0 Å². The van der Waals surface area contributed by atoms with Gasteiger partial charge in [0.25, 0.3) is 0 Å². The summed E-state index contributed by atoms with van der Waals surface area (Å²) in [6.07, 6.45) is 0.689. The molecule has 0 aromatic heterocycles. The van der Waals surface area contributed by atoms with Gasteiger partial charge in [0.2, 0.25) is 0 Å². The highest BCUT2D eigenvalue weighted by Gasteiger charge is 2.13. The smallest absolute Gasteiger partial charge is 0.135 e. The summed E-state index contributed by atoms with van der Waals surface area (Å²) < 4.78 is 5.00. The summed E-state index contributed by atoms with van der Waals surface area (Å²) in [5.41, 5.74) is 0. The number of hydrogen-bond donors (Lipinski definition) is 0. The lowest BCUT2D eigenvalue weighted by Crippen LogP contribution is -2.29. The normalized spacial score (nSPS) is 13.5. The van der Waals surface area contributed by atoms with E-state index >= 15 is 0 Å². The van der Waals surface area contributed by atoms with Gasteiger partial charge in [-0.05, 0) is 13.0 Å². The Morgan fingerprint density at radius 3 is 2.40 bits per heavy atom. The molecular formula is C12H25NO2. The standard InChI is InChI=1S/C12H25NO2/c1-10(2)12(14)8-11(3)9-13(4)6-7-15-5/h10-11H,6-9H2,1-5H3. The number of rotatable bonds is 8. The Balaban J connectivity index is 3.72. The highest BCUT2D eigenvalue weighted by molar-refractivity contribution is 5.80. The topological polar surface area (TPSA) is 29.5 Å². The molecular weight excluding hydrogens is 190 g/mol. The summed E-state index contributed by atoms with van der Waals surface area (Å²) in [7, 11) is 3.77. The molecule has 0 aliphatic carbocycles. The molecule has 0 aliphatic rings. The minimum absolute atomic E-state index is 0.164. The molecule has 3 nitrogen and oxygen atoms in total. The fourth-order valence-corrected chi connectivity index (χ4v) is 1.51. The first-order valence-corrected chi connectivity index (χ1v) is 5.67. The molecule has 0 N–H and O–H groups in total. The molecule has 0 aromatic rings. The van der Waals surface area contributed by atoms with Crippen LogP contribution in [-0.2, 0) is 9.53 Å². The number of likely N-dealkylation sites (N-methyl/N-ethyl adjacent to an activating group) is 1. The Bertz CT molecular complexity index is 180. The van der Waals surface area contributed by atoms with Crippen molar-refractivity contribution in [2.24, 2.45) is 11.8 Å². The second-order valence-corrected chi connectivity index (χ2v) is 4.69. The van der Waals surface area contributed by atoms with Crippen molar-refractivity contribution in [2.45, 2.75) is 27.2 Å². The number of ether oxygens (including phenoxy) is 1. The molecule has 0 saturated heterocycles. The number of carbonyl (C=O) groups excluding carboxylic acids is 1. The average Bonchev–Trinajstić information content (AvgIpc) is 2.14. The summed E-state index contributed by atoms with van der Waals surface area (Å²) in [6, 6.07) is 0. The minimum Gasteiger partial charge on any atom is -0.383 e. The Labute approximate surface area is 93.8 Å². The van der Waals surface area contributed by atoms with Gasteiger partial charge in [0.05, 0.1) is 6.61 Å². The van der Waals surface area contributed by atoms with Gasteiger partial charge in [-0.3, -0.25) is 4.79 Å². The summed E-state index contributed by atoms with van der Waals surface area (Å²) in [6.45, 7) is 8.69. The van der Waals surface area contributed by atoms with E-state index in [4.69, 9.17) is 4.74 Å². The third kappa shape index (κ3) is 7.51. The lowest BCUT2D eigenvalue weighted by molar-refractivity contribution is -0.122. The highest BCUT2D eigenvalue weighted by atomic mass is 16.5. The van der Waals surface area contributed by atoms with Crippen LogP contribution in [0.15, 0.2) is 0 Å². The van der Waals surface area contributed by atoms with Crippen LogP contribution in [0, 0.1) is 11.8 Å². The van der Waals surface area contributed by atoms with Crippen molar-refractivity contribution < 1.29 is 9.53 Å². The molecule has 1 unspecified atom stereocenters. The average molecular weight is 215 g/mol. The third-order valence-corrected chi connectivity index (χ3v) is 2.49. The molecule has 0 fully saturated rings. The van der Waals surface area contributed by atoms with Crippen molar-refractivity contribution in [2.75, 3.05) is 33.9 Å². The number of nitrogens with zero attached hydrogens (tertiary/aromatic N) is 1. The maximum absolute atomic E-state index is 11.5. The second-order valence-electron chi connectivity index (χ2n) is 4.69. The van der Waals surface area contributed by atoms with Crippen LogP contribution >= 0.6 is 0 Å². The van der Waals surface area contributed by atoms with Gasteiger partial charge in [-0.1, -0.05) is 20.8 Å². The molecule has 3 heteroatoms. The summed E-state index contributed by atoms with van der Waals surface area (Å²) in [4.78, 5) is 13.7. The fraction of sp³-hybridized carbons (Fsp3) is 0.917. The Hall–Kier alpha value is -0.410. The van der Waals surface area contributed by atoms with E-state index in [1.54, 1.807) is 7.11 Å². The van der Waals surface area contributed by atoms with E-state index < -0.39 is 0 Å². The van der Waals surface area contributed by atoms with Crippen LogP contribution < -0.4 is 0 Å². The monoisotopic (exact) mass is 215 g/mol. The van der Waals surface area contributed by atoms with Crippen molar-refractivity contribution >= 4 is 5.78 Å². The van der Waals surface area contributed by atoms with E-state index in [9.17, 15) is 4.79 Å². The van der Waals surface area contributed by atoms with Crippen molar-refractivity contribution in [1.82, 2.24) is 4.90 Å². The molecule has 15 heavy (non-hydrogen) atoms. The minimum atomic E-state index is 0.164. The lowest BCUT2D eigenvalue weighted by atomic mass is 9.97. The molecule has 90 valence electrons. The summed E-state index contributed by atoms with van der Waals surface area (Å²) in [5, 5.41) is 0. The molecule has 0 rings (SSSR count). The molecule has 0 spiro atoms. The number of ketones is 1. The zero-order valence-corrected chi connectivity index (χ0v) is 10.7. The maximum Gasteiger partial charge on any atom is 0.135 e. The van der Waals surface area contributed by atoms with Crippen molar-refractivity contribution in [1.29, 1.82) is 0 Å². The Morgan fingerprint density at radius 1 is 1.33 bits per heavy atom.